The van der Waals surface area contributed by atoms with Crippen molar-refractivity contribution >= 4 is 18.2 Å². The average Bonchev–Trinajstić information content (AvgIpc) is 2.83. The van der Waals surface area contributed by atoms with E-state index in [0.29, 0.717) is 0 Å². The second kappa shape index (κ2) is 6.94. The summed E-state index contributed by atoms with van der Waals surface area (Å²) in [7, 11) is 1.25. The molecule has 0 unspecified atom stereocenters. The van der Waals surface area contributed by atoms with Crippen LogP contribution in [-0.4, -0.2) is 25.4 Å². The second-order valence-electron chi connectivity index (χ2n) is 7.72. The summed E-state index contributed by atoms with van der Waals surface area (Å²) in [6.07, 6.45) is 0. The molecule has 0 amide bonds. The third-order valence-electron chi connectivity index (χ3n) is 5.50. The van der Waals surface area contributed by atoms with Crippen LogP contribution >= 0.6 is 0 Å². The van der Waals surface area contributed by atoms with E-state index in [1.807, 2.05) is 18.2 Å². The van der Waals surface area contributed by atoms with Gasteiger partial charge >= 0.3 is 7.12 Å². The zero-order valence-corrected chi connectivity index (χ0v) is 16.5. The number of allylic oxidation sites excluding steroid dienone is 1. The lowest BCUT2D eigenvalue weighted by atomic mass is 9.70. The highest BCUT2D eigenvalue weighted by atomic mass is 16.7. The first-order valence-electron chi connectivity index (χ1n) is 9.01. The van der Waals surface area contributed by atoms with Crippen molar-refractivity contribution in [1.82, 2.24) is 0 Å². The molecular weight excluding hydrogens is 323 g/mol. The maximum atomic E-state index is 6.37. The van der Waals surface area contributed by atoms with Crippen LogP contribution in [0.4, 0.5) is 0 Å². The van der Waals surface area contributed by atoms with Gasteiger partial charge in [0.15, 0.2) is 0 Å². The standard InChI is InChI=1S/C22H27BO3/c1-16(17-10-8-7-9-11-17)20(18-12-14-19(24-6)15-13-18)23-25-21(2,3)22(4,5)26-23/h7-15H,1-6H3/b20-16-. The molecular formula is C22H27BO3. The highest BCUT2D eigenvalue weighted by Crippen LogP contribution is 2.42. The molecule has 3 nitrogen and oxygen atoms in total. The Hall–Kier alpha value is -2.04. The van der Waals surface area contributed by atoms with Crippen LogP contribution in [0.25, 0.3) is 11.0 Å². The zero-order valence-electron chi connectivity index (χ0n) is 16.5. The maximum absolute atomic E-state index is 6.37. The van der Waals surface area contributed by atoms with Crippen molar-refractivity contribution in [3.63, 3.8) is 0 Å². The van der Waals surface area contributed by atoms with Crippen LogP contribution in [0.2, 0.25) is 0 Å². The summed E-state index contributed by atoms with van der Waals surface area (Å²) >= 11 is 0. The van der Waals surface area contributed by atoms with E-state index in [4.69, 9.17) is 14.0 Å². The average molecular weight is 350 g/mol. The van der Waals surface area contributed by atoms with E-state index < -0.39 is 7.12 Å². The van der Waals surface area contributed by atoms with Crippen molar-refractivity contribution in [2.24, 2.45) is 0 Å². The Bertz CT molecular complexity index is 776. The van der Waals surface area contributed by atoms with Gasteiger partial charge in [0.1, 0.15) is 5.75 Å². The summed E-state index contributed by atoms with van der Waals surface area (Å²) < 4.78 is 18.0. The molecule has 1 aliphatic heterocycles. The summed E-state index contributed by atoms with van der Waals surface area (Å²) in [5.41, 5.74) is 3.67. The van der Waals surface area contributed by atoms with E-state index in [9.17, 15) is 0 Å². The lowest BCUT2D eigenvalue weighted by Crippen LogP contribution is -2.41. The number of methoxy groups -OCH3 is 1. The van der Waals surface area contributed by atoms with Crippen molar-refractivity contribution < 1.29 is 14.0 Å². The van der Waals surface area contributed by atoms with Gasteiger partial charge in [0, 0.05) is 0 Å². The molecule has 0 atom stereocenters. The molecule has 136 valence electrons. The highest BCUT2D eigenvalue weighted by Gasteiger charge is 2.53. The molecule has 0 radical (unpaired) electrons. The van der Waals surface area contributed by atoms with Gasteiger partial charge in [0.05, 0.1) is 18.3 Å². The fraction of sp³-hybridized carbons (Fsp3) is 0.364. The van der Waals surface area contributed by atoms with Gasteiger partial charge in [-0.1, -0.05) is 42.5 Å². The van der Waals surface area contributed by atoms with Crippen molar-refractivity contribution in [3.05, 3.63) is 65.7 Å². The van der Waals surface area contributed by atoms with Crippen LogP contribution < -0.4 is 4.74 Å². The molecule has 1 aliphatic rings. The Morgan fingerprint density at radius 3 is 1.85 bits per heavy atom. The minimum absolute atomic E-state index is 0.383. The quantitative estimate of drug-likeness (QED) is 0.556. The van der Waals surface area contributed by atoms with E-state index >= 15 is 0 Å². The molecule has 0 bridgehead atoms. The number of hydrogen-bond donors (Lipinski definition) is 0. The predicted octanol–water partition coefficient (Wildman–Crippen LogP) is 5.26. The summed E-state index contributed by atoms with van der Waals surface area (Å²) in [6, 6.07) is 18.4. The molecule has 1 saturated heterocycles. The summed E-state index contributed by atoms with van der Waals surface area (Å²) in [5, 5.41) is 0. The molecule has 4 heteroatoms. The SMILES string of the molecule is COc1ccc(/C(B2OC(C)(C)C(C)(C)O2)=C(\C)c2ccccc2)cc1. The molecule has 0 aromatic heterocycles. The van der Waals surface area contributed by atoms with Crippen molar-refractivity contribution in [3.8, 4) is 5.75 Å². The first-order valence-corrected chi connectivity index (χ1v) is 9.01. The van der Waals surface area contributed by atoms with Gasteiger partial charge in [-0.05, 0) is 68.9 Å². The van der Waals surface area contributed by atoms with E-state index in [-0.39, 0.29) is 11.2 Å². The molecule has 1 heterocycles. The summed E-state index contributed by atoms with van der Waals surface area (Å²) in [6.45, 7) is 10.4. The zero-order chi connectivity index (χ0) is 18.9. The van der Waals surface area contributed by atoms with Gasteiger partial charge in [0.2, 0.25) is 0 Å². The van der Waals surface area contributed by atoms with Gasteiger partial charge in [0.25, 0.3) is 0 Å². The van der Waals surface area contributed by atoms with Crippen LogP contribution in [0.1, 0.15) is 45.7 Å². The van der Waals surface area contributed by atoms with Gasteiger partial charge < -0.3 is 14.0 Å². The van der Waals surface area contributed by atoms with E-state index in [1.54, 1.807) is 7.11 Å². The van der Waals surface area contributed by atoms with Gasteiger partial charge in [-0.25, -0.2) is 0 Å². The normalized spacial score (nSPS) is 19.2. The topological polar surface area (TPSA) is 27.7 Å². The Morgan fingerprint density at radius 1 is 0.808 bits per heavy atom. The monoisotopic (exact) mass is 350 g/mol. The lowest BCUT2D eigenvalue weighted by Gasteiger charge is -2.32. The number of benzene rings is 2. The Morgan fingerprint density at radius 2 is 1.35 bits per heavy atom. The van der Waals surface area contributed by atoms with Crippen molar-refractivity contribution in [2.75, 3.05) is 7.11 Å². The second-order valence-corrected chi connectivity index (χ2v) is 7.72. The third-order valence-corrected chi connectivity index (χ3v) is 5.50. The smallest absolute Gasteiger partial charge is 0.495 e. The molecule has 2 aromatic rings. The Labute approximate surface area is 157 Å². The van der Waals surface area contributed by atoms with E-state index in [1.165, 1.54) is 0 Å². The molecule has 0 aliphatic carbocycles. The first-order chi connectivity index (χ1) is 12.2. The predicted molar refractivity (Wildman–Crippen MR) is 108 cm³/mol. The molecule has 26 heavy (non-hydrogen) atoms. The number of ether oxygens (including phenoxy) is 1. The molecule has 3 rings (SSSR count). The number of rotatable bonds is 4. The maximum Gasteiger partial charge on any atom is 0.495 e. The lowest BCUT2D eigenvalue weighted by molar-refractivity contribution is 0.00578. The van der Waals surface area contributed by atoms with Gasteiger partial charge in [-0.15, -0.1) is 0 Å². The van der Waals surface area contributed by atoms with Crippen molar-refractivity contribution in [2.45, 2.75) is 45.8 Å². The molecule has 1 fully saturated rings. The fourth-order valence-electron chi connectivity index (χ4n) is 3.10. The van der Waals surface area contributed by atoms with Crippen LogP contribution in [0, 0.1) is 0 Å². The van der Waals surface area contributed by atoms with Crippen LogP contribution in [0.15, 0.2) is 54.6 Å². The summed E-state index contributed by atoms with van der Waals surface area (Å²) in [4.78, 5) is 0. The van der Waals surface area contributed by atoms with Gasteiger partial charge in [-0.2, -0.15) is 0 Å². The van der Waals surface area contributed by atoms with E-state index in [2.05, 4.69) is 71.0 Å². The largest absolute Gasteiger partial charge is 0.497 e. The first kappa shape index (κ1) is 18.7. The summed E-state index contributed by atoms with van der Waals surface area (Å²) in [5.74, 6) is 0.833. The molecule has 2 aromatic carbocycles. The van der Waals surface area contributed by atoms with Crippen molar-refractivity contribution in [1.29, 1.82) is 0 Å². The molecule has 0 N–H and O–H groups in total. The minimum Gasteiger partial charge on any atom is -0.497 e. The van der Waals surface area contributed by atoms with E-state index in [0.717, 1.165) is 27.9 Å². The Balaban J connectivity index is 2.11. The van der Waals surface area contributed by atoms with Crippen LogP contribution in [0.3, 0.4) is 0 Å². The third kappa shape index (κ3) is 3.44. The molecule has 0 spiro atoms. The number of hydrogen-bond acceptors (Lipinski definition) is 3. The van der Waals surface area contributed by atoms with Crippen LogP contribution in [-0.2, 0) is 9.31 Å². The Kier molecular flexibility index (Phi) is 5.00. The van der Waals surface area contributed by atoms with Crippen LogP contribution in [0.5, 0.6) is 5.75 Å². The fourth-order valence-corrected chi connectivity index (χ4v) is 3.10. The minimum atomic E-state index is -0.423. The highest BCUT2D eigenvalue weighted by molar-refractivity contribution is 6.71. The molecule has 0 saturated carbocycles. The van der Waals surface area contributed by atoms with Gasteiger partial charge in [-0.3, -0.25) is 0 Å².